The molecule has 5 rings (SSSR count). The van der Waals surface area contributed by atoms with Crippen LogP contribution in [0.5, 0.6) is 17.2 Å². The van der Waals surface area contributed by atoms with Crippen LogP contribution in [0, 0.1) is 17.5 Å². The van der Waals surface area contributed by atoms with E-state index in [1.165, 1.54) is 38.5 Å². The lowest BCUT2D eigenvalue weighted by atomic mass is 10.1. The van der Waals surface area contributed by atoms with Crippen LogP contribution in [0.15, 0.2) is 84.0 Å². The van der Waals surface area contributed by atoms with E-state index in [-0.39, 0.29) is 18.1 Å². The number of rotatable bonds is 9. The van der Waals surface area contributed by atoms with Crippen LogP contribution in [-0.2, 0) is 6.61 Å². The number of methoxy groups -OCH3 is 2. The van der Waals surface area contributed by atoms with Crippen LogP contribution in [0.25, 0.3) is 0 Å². The summed E-state index contributed by atoms with van der Waals surface area (Å²) in [5, 5.41) is 4.72. The Morgan fingerprint density at radius 3 is 2.28 bits per heavy atom. The molecule has 0 saturated heterocycles. The van der Waals surface area contributed by atoms with Crippen LogP contribution >= 0.6 is 11.8 Å². The SMILES string of the molecule is COc1cc(F)c(C(=O)N2N=C(c3ccc(F)cc3)SC2c2cccc(OCc3cccc(C(N)=O)c3)c2OC)c(F)c1. The summed E-state index contributed by atoms with van der Waals surface area (Å²) in [6, 6.07) is 18.9. The van der Waals surface area contributed by atoms with Crippen molar-refractivity contribution in [3.05, 3.63) is 124 Å². The zero-order valence-corrected chi connectivity index (χ0v) is 23.7. The van der Waals surface area contributed by atoms with E-state index in [0.717, 1.165) is 28.9 Å². The molecule has 43 heavy (non-hydrogen) atoms. The number of benzene rings is 4. The van der Waals surface area contributed by atoms with Crippen molar-refractivity contribution >= 4 is 28.6 Å². The first-order valence-electron chi connectivity index (χ1n) is 12.8. The number of hydrazone groups is 1. The number of hydrogen-bond acceptors (Lipinski definition) is 7. The van der Waals surface area contributed by atoms with Crippen LogP contribution < -0.4 is 19.9 Å². The molecule has 220 valence electrons. The molecule has 12 heteroatoms. The van der Waals surface area contributed by atoms with Crippen molar-refractivity contribution in [2.24, 2.45) is 10.8 Å². The highest BCUT2D eigenvalue weighted by Crippen LogP contribution is 2.48. The Labute approximate surface area is 248 Å². The van der Waals surface area contributed by atoms with Crippen LogP contribution in [0.3, 0.4) is 0 Å². The van der Waals surface area contributed by atoms with Crippen LogP contribution in [0.1, 0.15) is 42.8 Å². The molecule has 8 nitrogen and oxygen atoms in total. The highest BCUT2D eigenvalue weighted by molar-refractivity contribution is 8.14. The van der Waals surface area contributed by atoms with E-state index in [1.807, 2.05) is 0 Å². The molecule has 0 bridgehead atoms. The Morgan fingerprint density at radius 1 is 0.930 bits per heavy atom. The van der Waals surface area contributed by atoms with Gasteiger partial charge in [0.15, 0.2) is 11.5 Å². The van der Waals surface area contributed by atoms with Gasteiger partial charge in [0.2, 0.25) is 5.91 Å². The van der Waals surface area contributed by atoms with Crippen LogP contribution in [-0.4, -0.2) is 36.1 Å². The third-order valence-corrected chi connectivity index (χ3v) is 7.71. The second-order valence-electron chi connectivity index (χ2n) is 9.23. The number of carbonyl (C=O) groups is 2. The quantitative estimate of drug-likeness (QED) is 0.249. The van der Waals surface area contributed by atoms with Crippen molar-refractivity contribution in [2.75, 3.05) is 14.2 Å². The van der Waals surface area contributed by atoms with Crippen molar-refractivity contribution in [3.8, 4) is 17.2 Å². The minimum Gasteiger partial charge on any atom is -0.497 e. The summed E-state index contributed by atoms with van der Waals surface area (Å²) in [7, 11) is 2.66. The van der Waals surface area contributed by atoms with Gasteiger partial charge in [-0.25, -0.2) is 18.2 Å². The molecule has 1 aliphatic rings. The standard InChI is InChI=1S/C31H24F3N3O5S/c1-40-21-14-23(33)26(24(34)15-21)30(39)37-31(43-29(36-37)18-9-11-20(32)12-10-18)22-7-4-8-25(27(22)41-2)42-16-17-5-3-6-19(13-17)28(35)38/h3-15,31H,16H2,1-2H3,(H2,35,38). The lowest BCUT2D eigenvalue weighted by molar-refractivity contribution is 0.0737. The van der Waals surface area contributed by atoms with E-state index < -0.39 is 40.2 Å². The van der Waals surface area contributed by atoms with Crippen LogP contribution in [0.4, 0.5) is 13.2 Å². The zero-order chi connectivity index (χ0) is 30.7. The molecule has 1 aliphatic heterocycles. The summed E-state index contributed by atoms with van der Waals surface area (Å²) in [6.07, 6.45) is 0. The summed E-state index contributed by atoms with van der Waals surface area (Å²) in [5.41, 5.74) is 6.45. The smallest absolute Gasteiger partial charge is 0.281 e. The van der Waals surface area contributed by atoms with Crippen molar-refractivity contribution in [3.63, 3.8) is 0 Å². The Balaban J connectivity index is 1.53. The monoisotopic (exact) mass is 607 g/mol. The normalized spacial score (nSPS) is 14.3. The van der Waals surface area contributed by atoms with E-state index in [1.54, 1.807) is 42.5 Å². The van der Waals surface area contributed by atoms with Gasteiger partial charge in [0, 0.05) is 28.8 Å². The number of halogens is 3. The first-order valence-corrected chi connectivity index (χ1v) is 13.6. The van der Waals surface area contributed by atoms with Crippen molar-refractivity contribution in [1.82, 2.24) is 5.01 Å². The molecule has 1 heterocycles. The molecule has 0 fully saturated rings. The third kappa shape index (κ3) is 6.14. The maximum absolute atomic E-state index is 15.0. The molecule has 0 aliphatic carbocycles. The maximum Gasteiger partial charge on any atom is 0.281 e. The fourth-order valence-corrected chi connectivity index (χ4v) is 5.59. The van der Waals surface area contributed by atoms with Gasteiger partial charge in [0.05, 0.1) is 14.2 Å². The minimum absolute atomic E-state index is 0.0565. The highest BCUT2D eigenvalue weighted by Gasteiger charge is 2.39. The molecular formula is C31H24F3N3O5S. The summed E-state index contributed by atoms with van der Waals surface area (Å²) < 4.78 is 60.3. The largest absolute Gasteiger partial charge is 0.497 e. The van der Waals surface area contributed by atoms with Gasteiger partial charge in [-0.2, -0.15) is 5.10 Å². The second kappa shape index (κ2) is 12.5. The molecule has 0 radical (unpaired) electrons. The third-order valence-electron chi connectivity index (χ3n) is 6.49. The van der Waals surface area contributed by atoms with E-state index in [9.17, 15) is 14.0 Å². The van der Waals surface area contributed by atoms with Gasteiger partial charge in [-0.15, -0.1) is 0 Å². The average Bonchev–Trinajstić information content (AvgIpc) is 3.45. The summed E-state index contributed by atoms with van der Waals surface area (Å²) in [6.45, 7) is 0.0565. The Kier molecular flexibility index (Phi) is 8.58. The second-order valence-corrected chi connectivity index (χ2v) is 10.3. The lowest BCUT2D eigenvalue weighted by Crippen LogP contribution is -2.28. The van der Waals surface area contributed by atoms with E-state index in [2.05, 4.69) is 5.10 Å². The van der Waals surface area contributed by atoms with Gasteiger partial charge in [0.25, 0.3) is 5.91 Å². The zero-order valence-electron chi connectivity index (χ0n) is 22.8. The highest BCUT2D eigenvalue weighted by atomic mass is 32.2. The van der Waals surface area contributed by atoms with E-state index >= 15 is 8.78 Å². The lowest BCUT2D eigenvalue weighted by Gasteiger charge is -2.24. The number of hydrogen-bond donors (Lipinski definition) is 1. The van der Waals surface area contributed by atoms with Gasteiger partial charge in [-0.3, -0.25) is 9.59 Å². The van der Waals surface area contributed by atoms with Gasteiger partial charge in [-0.05, 0) is 48.0 Å². The fraction of sp³-hybridized carbons (Fsp3) is 0.129. The molecule has 0 spiro atoms. The first kappa shape index (κ1) is 29.5. The maximum atomic E-state index is 15.0. The molecule has 0 aromatic heterocycles. The predicted molar refractivity (Wildman–Crippen MR) is 155 cm³/mol. The van der Waals surface area contributed by atoms with E-state index in [0.29, 0.717) is 33.0 Å². The number of carbonyl (C=O) groups excluding carboxylic acids is 2. The molecule has 2 amide bonds. The van der Waals surface area contributed by atoms with Crippen LogP contribution in [0.2, 0.25) is 0 Å². The number of nitrogens with zero attached hydrogens (tertiary/aromatic N) is 2. The predicted octanol–water partition coefficient (Wildman–Crippen LogP) is 6.05. The summed E-state index contributed by atoms with van der Waals surface area (Å²) in [4.78, 5) is 25.3. The number of ether oxygens (including phenoxy) is 3. The van der Waals surface area contributed by atoms with Crippen molar-refractivity contribution < 1.29 is 37.0 Å². The Hall–Kier alpha value is -4.97. The molecule has 4 aromatic rings. The van der Waals surface area contributed by atoms with Gasteiger partial charge in [-0.1, -0.05) is 36.0 Å². The number of primary amides is 1. The molecule has 0 saturated carbocycles. The number of nitrogens with two attached hydrogens (primary N) is 1. The summed E-state index contributed by atoms with van der Waals surface area (Å²) >= 11 is 1.11. The fourth-order valence-electron chi connectivity index (χ4n) is 4.42. The van der Waals surface area contributed by atoms with Gasteiger partial charge < -0.3 is 19.9 Å². The Bertz CT molecular complexity index is 1710. The molecule has 4 aromatic carbocycles. The topological polar surface area (TPSA) is 103 Å². The molecule has 1 atom stereocenters. The Morgan fingerprint density at radius 2 is 1.63 bits per heavy atom. The summed E-state index contributed by atoms with van der Waals surface area (Å²) in [5.74, 6) is -3.90. The number of amides is 2. The first-order chi connectivity index (χ1) is 20.7. The number of para-hydroxylation sites is 1. The minimum atomic E-state index is -1.13. The average molecular weight is 608 g/mol. The van der Waals surface area contributed by atoms with Gasteiger partial charge >= 0.3 is 0 Å². The number of thioether (sulfide) groups is 1. The van der Waals surface area contributed by atoms with E-state index in [4.69, 9.17) is 19.9 Å². The molecular weight excluding hydrogens is 583 g/mol. The van der Waals surface area contributed by atoms with Gasteiger partial charge in [0.1, 0.15) is 45.8 Å². The molecule has 1 unspecified atom stereocenters. The molecule has 2 N–H and O–H groups in total. The van der Waals surface area contributed by atoms with Crippen molar-refractivity contribution in [1.29, 1.82) is 0 Å². The van der Waals surface area contributed by atoms with Crippen molar-refractivity contribution in [2.45, 2.75) is 12.0 Å².